The van der Waals surface area contributed by atoms with Crippen molar-refractivity contribution < 1.29 is 14.6 Å². The second kappa shape index (κ2) is 3.42. The molecule has 0 aromatic heterocycles. The second-order valence-corrected chi connectivity index (χ2v) is 3.60. The van der Waals surface area contributed by atoms with E-state index < -0.39 is 5.97 Å². The predicted molar refractivity (Wildman–Crippen MR) is 57.0 cm³/mol. The fraction of sp³-hybridized carbons (Fsp3) is 0.250. The molecular weight excluding hydrogens is 192 g/mol. The van der Waals surface area contributed by atoms with Crippen molar-refractivity contribution in [3.8, 4) is 5.75 Å². The van der Waals surface area contributed by atoms with Crippen molar-refractivity contribution >= 4 is 11.5 Å². The summed E-state index contributed by atoms with van der Waals surface area (Å²) in [5.41, 5.74) is 2.11. The van der Waals surface area contributed by atoms with Gasteiger partial charge < -0.3 is 9.84 Å². The Balaban J connectivity index is 2.60. The molecule has 1 aliphatic carbocycles. The van der Waals surface area contributed by atoms with Crippen LogP contribution >= 0.6 is 0 Å². The zero-order valence-electron chi connectivity index (χ0n) is 8.65. The molecule has 1 aromatic carbocycles. The van der Waals surface area contributed by atoms with Crippen LogP contribution in [0.4, 0.5) is 0 Å². The molecule has 0 aliphatic heterocycles. The van der Waals surface area contributed by atoms with Crippen molar-refractivity contribution in [2.24, 2.45) is 0 Å². The van der Waals surface area contributed by atoms with Crippen LogP contribution in [0.5, 0.6) is 5.75 Å². The van der Waals surface area contributed by atoms with Gasteiger partial charge in [-0.05, 0) is 11.6 Å². The number of methoxy groups -OCH3 is 1. The largest absolute Gasteiger partial charge is 0.496 e. The van der Waals surface area contributed by atoms with E-state index in [1.165, 1.54) is 0 Å². The highest BCUT2D eigenvalue weighted by Gasteiger charge is 2.27. The molecule has 78 valence electrons. The molecule has 1 aliphatic rings. The first kappa shape index (κ1) is 9.77. The molecule has 15 heavy (non-hydrogen) atoms. The van der Waals surface area contributed by atoms with Crippen molar-refractivity contribution in [2.75, 3.05) is 7.11 Å². The Morgan fingerprint density at radius 1 is 1.47 bits per heavy atom. The van der Waals surface area contributed by atoms with Crippen LogP contribution in [0.25, 0.3) is 5.57 Å². The summed E-state index contributed by atoms with van der Waals surface area (Å²) in [4.78, 5) is 11.0. The van der Waals surface area contributed by atoms with Gasteiger partial charge in [-0.2, -0.15) is 0 Å². The van der Waals surface area contributed by atoms with Crippen LogP contribution < -0.4 is 4.74 Å². The van der Waals surface area contributed by atoms with Crippen LogP contribution in [-0.4, -0.2) is 18.2 Å². The van der Waals surface area contributed by atoms with Crippen LogP contribution in [0.3, 0.4) is 0 Å². The van der Waals surface area contributed by atoms with E-state index in [2.05, 4.69) is 0 Å². The number of allylic oxidation sites excluding steroid dienone is 1. The molecule has 1 atom stereocenters. The number of benzene rings is 1. The fourth-order valence-corrected chi connectivity index (χ4v) is 2.04. The number of carboxylic acid groups (broad SMARTS) is 1. The van der Waals surface area contributed by atoms with Crippen molar-refractivity contribution in [3.05, 3.63) is 35.4 Å². The number of carboxylic acids is 1. The van der Waals surface area contributed by atoms with Gasteiger partial charge in [-0.1, -0.05) is 25.1 Å². The van der Waals surface area contributed by atoms with E-state index in [1.807, 2.05) is 25.1 Å². The Morgan fingerprint density at radius 3 is 2.80 bits per heavy atom. The van der Waals surface area contributed by atoms with Gasteiger partial charge in [0.25, 0.3) is 0 Å². The summed E-state index contributed by atoms with van der Waals surface area (Å²) in [5.74, 6) is -0.0244. The number of carbonyl (C=O) groups is 1. The van der Waals surface area contributed by atoms with Crippen LogP contribution in [0.15, 0.2) is 24.3 Å². The van der Waals surface area contributed by atoms with Gasteiger partial charge in [0.2, 0.25) is 0 Å². The third-order valence-corrected chi connectivity index (χ3v) is 2.68. The van der Waals surface area contributed by atoms with Crippen LogP contribution in [0.2, 0.25) is 0 Å². The average molecular weight is 204 g/mol. The summed E-state index contributed by atoms with van der Waals surface area (Å²) in [5, 5.41) is 9.03. The first-order valence-corrected chi connectivity index (χ1v) is 4.77. The van der Waals surface area contributed by atoms with Crippen molar-refractivity contribution in [1.82, 2.24) is 0 Å². The zero-order chi connectivity index (χ0) is 11.0. The lowest BCUT2D eigenvalue weighted by Crippen LogP contribution is -1.98. The third-order valence-electron chi connectivity index (χ3n) is 2.68. The standard InChI is InChI=1S/C12H12O3/c1-7-6-9(12(13)14)8-4-3-5-10(15-2)11(7)8/h3-7H,1-2H3,(H,13,14). The zero-order valence-corrected chi connectivity index (χ0v) is 8.65. The molecule has 0 bridgehead atoms. The number of aliphatic carboxylic acids is 1. The Labute approximate surface area is 88.0 Å². The molecular formula is C12H12O3. The van der Waals surface area contributed by atoms with Crippen molar-refractivity contribution in [3.63, 3.8) is 0 Å². The topological polar surface area (TPSA) is 46.5 Å². The first-order chi connectivity index (χ1) is 7.15. The summed E-state index contributed by atoms with van der Waals surface area (Å²) in [6, 6.07) is 5.49. The van der Waals surface area contributed by atoms with Crippen LogP contribution in [0.1, 0.15) is 24.0 Å². The van der Waals surface area contributed by atoms with E-state index in [-0.39, 0.29) is 5.92 Å². The minimum atomic E-state index is -0.881. The van der Waals surface area contributed by atoms with E-state index in [0.717, 1.165) is 16.9 Å². The number of rotatable bonds is 2. The molecule has 0 heterocycles. The molecule has 0 amide bonds. The normalized spacial score (nSPS) is 18.3. The number of fused-ring (bicyclic) bond motifs is 1. The monoisotopic (exact) mass is 204 g/mol. The Kier molecular flexibility index (Phi) is 2.23. The minimum Gasteiger partial charge on any atom is -0.496 e. The molecule has 3 heteroatoms. The molecule has 0 saturated carbocycles. The highest BCUT2D eigenvalue weighted by molar-refractivity contribution is 6.17. The third kappa shape index (κ3) is 1.40. The lowest BCUT2D eigenvalue weighted by atomic mass is 10.0. The molecule has 0 saturated heterocycles. The smallest absolute Gasteiger partial charge is 0.336 e. The molecule has 2 rings (SSSR count). The van der Waals surface area contributed by atoms with E-state index in [9.17, 15) is 4.79 Å². The molecule has 1 aromatic rings. The maximum Gasteiger partial charge on any atom is 0.336 e. The van der Waals surface area contributed by atoms with Gasteiger partial charge in [0.05, 0.1) is 12.7 Å². The molecule has 0 spiro atoms. The van der Waals surface area contributed by atoms with Gasteiger partial charge in [0, 0.05) is 11.5 Å². The van der Waals surface area contributed by atoms with Crippen LogP contribution in [-0.2, 0) is 4.79 Å². The van der Waals surface area contributed by atoms with Crippen molar-refractivity contribution in [2.45, 2.75) is 12.8 Å². The maximum absolute atomic E-state index is 11.0. The maximum atomic E-state index is 11.0. The fourth-order valence-electron chi connectivity index (χ4n) is 2.04. The number of hydrogen-bond donors (Lipinski definition) is 1. The van der Waals surface area contributed by atoms with Gasteiger partial charge in [0.1, 0.15) is 5.75 Å². The van der Waals surface area contributed by atoms with E-state index in [4.69, 9.17) is 9.84 Å². The number of hydrogen-bond acceptors (Lipinski definition) is 2. The van der Waals surface area contributed by atoms with E-state index in [1.54, 1.807) is 13.2 Å². The van der Waals surface area contributed by atoms with Gasteiger partial charge in [0.15, 0.2) is 0 Å². The number of ether oxygens (including phenoxy) is 1. The van der Waals surface area contributed by atoms with Crippen LogP contribution in [0, 0.1) is 0 Å². The van der Waals surface area contributed by atoms with Crippen molar-refractivity contribution in [1.29, 1.82) is 0 Å². The minimum absolute atomic E-state index is 0.0993. The Morgan fingerprint density at radius 2 is 2.20 bits per heavy atom. The average Bonchev–Trinajstić information content (AvgIpc) is 2.56. The van der Waals surface area contributed by atoms with E-state index >= 15 is 0 Å². The quantitative estimate of drug-likeness (QED) is 0.803. The lowest BCUT2D eigenvalue weighted by molar-refractivity contribution is -0.130. The van der Waals surface area contributed by atoms with E-state index in [0.29, 0.717) is 5.57 Å². The summed E-state index contributed by atoms with van der Waals surface area (Å²) < 4.78 is 5.23. The molecule has 0 fully saturated rings. The van der Waals surface area contributed by atoms with Gasteiger partial charge in [-0.3, -0.25) is 0 Å². The predicted octanol–water partition coefficient (Wildman–Crippen LogP) is 2.28. The summed E-state index contributed by atoms with van der Waals surface area (Å²) >= 11 is 0. The molecule has 1 N–H and O–H groups in total. The Hall–Kier alpha value is -1.77. The molecule has 0 radical (unpaired) electrons. The van der Waals surface area contributed by atoms with Gasteiger partial charge >= 0.3 is 5.97 Å². The SMILES string of the molecule is COc1cccc2c1C(C)C=C2C(=O)O. The van der Waals surface area contributed by atoms with Gasteiger partial charge in [-0.15, -0.1) is 0 Å². The summed E-state index contributed by atoms with van der Waals surface area (Å²) in [6.45, 7) is 1.97. The first-order valence-electron chi connectivity index (χ1n) is 4.77. The lowest BCUT2D eigenvalue weighted by Gasteiger charge is -2.10. The summed E-state index contributed by atoms with van der Waals surface area (Å²) in [6.07, 6.45) is 1.76. The molecule has 1 unspecified atom stereocenters. The molecule has 3 nitrogen and oxygen atoms in total. The summed E-state index contributed by atoms with van der Waals surface area (Å²) in [7, 11) is 1.60. The second-order valence-electron chi connectivity index (χ2n) is 3.60. The highest BCUT2D eigenvalue weighted by atomic mass is 16.5. The highest BCUT2D eigenvalue weighted by Crippen LogP contribution is 2.41. The van der Waals surface area contributed by atoms with Gasteiger partial charge in [-0.25, -0.2) is 4.79 Å². The Bertz CT molecular complexity index is 446.